The maximum Gasteiger partial charge on any atom is 0.278 e. The summed E-state index contributed by atoms with van der Waals surface area (Å²) in [7, 11) is 5.76. The molecule has 0 saturated heterocycles. The predicted molar refractivity (Wildman–Crippen MR) is 126 cm³/mol. The van der Waals surface area contributed by atoms with Crippen LogP contribution in [0.25, 0.3) is 0 Å². The average Bonchev–Trinajstić information content (AvgIpc) is 3.02. The first-order valence-electron chi connectivity index (χ1n) is 10.7. The molecular formula is C26H26N4O2. The number of carbonyl (C=O) groups is 2. The topological polar surface area (TPSA) is 55.9 Å². The lowest BCUT2D eigenvalue weighted by molar-refractivity contribution is -0.127. The number of para-hydroxylation sites is 2. The second-order valence-corrected chi connectivity index (χ2v) is 8.57. The Morgan fingerprint density at radius 2 is 1.56 bits per heavy atom. The van der Waals surface area contributed by atoms with Crippen LogP contribution in [0.4, 0.5) is 11.4 Å². The second-order valence-electron chi connectivity index (χ2n) is 8.57. The molecule has 6 heteroatoms. The van der Waals surface area contributed by atoms with Gasteiger partial charge in [0.15, 0.2) is 0 Å². The lowest BCUT2D eigenvalue weighted by Gasteiger charge is -2.46. The zero-order chi connectivity index (χ0) is 22.5. The van der Waals surface area contributed by atoms with E-state index in [1.807, 2.05) is 80.8 Å². The first-order valence-corrected chi connectivity index (χ1v) is 10.7. The fraction of sp³-hybridized carbons (Fsp3) is 0.231. The third-order valence-corrected chi connectivity index (χ3v) is 6.56. The largest absolute Gasteiger partial charge is 0.350 e. The number of hydrogen-bond donors (Lipinski definition) is 1. The monoisotopic (exact) mass is 426 g/mol. The standard InChI is InChI=1S/C26H26N4O2/c1-28(2)23(18-11-5-4-6-12-18)17-30-24(31)19-13-7-9-15-21(19)27-26(30)20-14-8-10-16-22(20)29(3)25(26)32/h4-16,23,27H,17H2,1-3H3. The second kappa shape index (κ2) is 7.50. The van der Waals surface area contributed by atoms with Crippen molar-refractivity contribution in [2.45, 2.75) is 11.7 Å². The lowest BCUT2D eigenvalue weighted by Crippen LogP contribution is -2.63. The van der Waals surface area contributed by atoms with Crippen LogP contribution >= 0.6 is 0 Å². The molecular weight excluding hydrogens is 400 g/mol. The molecule has 2 aliphatic rings. The highest BCUT2D eigenvalue weighted by Crippen LogP contribution is 2.48. The normalized spacial score (nSPS) is 20.4. The van der Waals surface area contributed by atoms with Crippen molar-refractivity contribution in [3.63, 3.8) is 0 Å². The van der Waals surface area contributed by atoms with Gasteiger partial charge >= 0.3 is 0 Å². The van der Waals surface area contributed by atoms with Gasteiger partial charge in [-0.25, -0.2) is 0 Å². The van der Waals surface area contributed by atoms with Crippen LogP contribution in [0.1, 0.15) is 27.5 Å². The van der Waals surface area contributed by atoms with Gasteiger partial charge < -0.3 is 20.0 Å². The molecule has 5 rings (SSSR count). The quantitative estimate of drug-likeness (QED) is 0.691. The number of nitrogens with one attached hydrogen (secondary N) is 1. The number of carbonyl (C=O) groups excluding carboxylic acids is 2. The van der Waals surface area contributed by atoms with Crippen molar-refractivity contribution in [2.75, 3.05) is 37.9 Å². The highest BCUT2D eigenvalue weighted by Gasteiger charge is 2.58. The summed E-state index contributed by atoms with van der Waals surface area (Å²) in [5.74, 6) is -0.312. The number of benzene rings is 3. The van der Waals surface area contributed by atoms with E-state index in [1.165, 1.54) is 0 Å². The van der Waals surface area contributed by atoms with Gasteiger partial charge in [0.05, 0.1) is 17.3 Å². The van der Waals surface area contributed by atoms with Gasteiger partial charge in [-0.3, -0.25) is 9.59 Å². The molecule has 3 aromatic rings. The molecule has 0 radical (unpaired) electrons. The number of nitrogens with zero attached hydrogens (tertiary/aromatic N) is 3. The molecule has 2 aliphatic heterocycles. The highest BCUT2D eigenvalue weighted by molar-refractivity contribution is 6.15. The first-order chi connectivity index (χ1) is 15.4. The Bertz CT molecular complexity index is 1190. The predicted octanol–water partition coefficient (Wildman–Crippen LogP) is 3.69. The third-order valence-electron chi connectivity index (χ3n) is 6.56. The van der Waals surface area contributed by atoms with Gasteiger partial charge in [-0.2, -0.15) is 0 Å². The van der Waals surface area contributed by atoms with Crippen LogP contribution in [0.3, 0.4) is 0 Å². The molecule has 1 N–H and O–H groups in total. The van der Waals surface area contributed by atoms with Crippen LogP contribution in [0.2, 0.25) is 0 Å². The van der Waals surface area contributed by atoms with Crippen molar-refractivity contribution in [2.24, 2.45) is 0 Å². The number of rotatable bonds is 4. The van der Waals surface area contributed by atoms with Gasteiger partial charge in [0.1, 0.15) is 0 Å². The van der Waals surface area contributed by atoms with Crippen molar-refractivity contribution in [3.8, 4) is 0 Å². The van der Waals surface area contributed by atoms with E-state index in [0.717, 1.165) is 16.8 Å². The molecule has 0 aliphatic carbocycles. The molecule has 2 atom stereocenters. The van der Waals surface area contributed by atoms with Gasteiger partial charge in [0, 0.05) is 24.8 Å². The summed E-state index contributed by atoms with van der Waals surface area (Å²) in [4.78, 5) is 33.2. The summed E-state index contributed by atoms with van der Waals surface area (Å²) >= 11 is 0. The molecule has 6 nitrogen and oxygen atoms in total. The fourth-order valence-corrected chi connectivity index (χ4v) is 4.89. The molecule has 162 valence electrons. The van der Waals surface area contributed by atoms with E-state index in [0.29, 0.717) is 17.8 Å². The van der Waals surface area contributed by atoms with Crippen LogP contribution in [-0.2, 0) is 10.5 Å². The minimum absolute atomic E-state index is 0.0880. The Labute approximate surface area is 188 Å². The van der Waals surface area contributed by atoms with Gasteiger partial charge in [0.25, 0.3) is 11.8 Å². The molecule has 3 aromatic carbocycles. The Kier molecular flexibility index (Phi) is 4.75. The fourth-order valence-electron chi connectivity index (χ4n) is 4.89. The Balaban J connectivity index is 1.70. The molecule has 0 aromatic heterocycles. The van der Waals surface area contributed by atoms with E-state index in [2.05, 4.69) is 22.3 Å². The van der Waals surface area contributed by atoms with Crippen LogP contribution in [0.5, 0.6) is 0 Å². The summed E-state index contributed by atoms with van der Waals surface area (Å²) in [5.41, 5.74) is 2.65. The molecule has 1 spiro atoms. The Morgan fingerprint density at radius 3 is 2.31 bits per heavy atom. The summed E-state index contributed by atoms with van der Waals surface area (Å²) in [6.45, 7) is 0.352. The zero-order valence-electron chi connectivity index (χ0n) is 18.4. The summed E-state index contributed by atoms with van der Waals surface area (Å²) in [5, 5.41) is 3.48. The summed E-state index contributed by atoms with van der Waals surface area (Å²) in [6, 6.07) is 25.1. The Morgan fingerprint density at radius 1 is 0.906 bits per heavy atom. The van der Waals surface area contributed by atoms with Gasteiger partial charge in [-0.05, 0) is 37.9 Å². The minimum Gasteiger partial charge on any atom is -0.350 e. The summed E-state index contributed by atoms with van der Waals surface area (Å²) in [6.07, 6.45) is 0. The third kappa shape index (κ3) is 2.83. The maximum atomic E-state index is 13.9. The van der Waals surface area contributed by atoms with E-state index < -0.39 is 5.66 Å². The van der Waals surface area contributed by atoms with Crippen molar-refractivity contribution in [1.29, 1.82) is 0 Å². The number of hydrogen-bond acceptors (Lipinski definition) is 4. The van der Waals surface area contributed by atoms with Crippen molar-refractivity contribution in [1.82, 2.24) is 9.80 Å². The van der Waals surface area contributed by atoms with E-state index in [9.17, 15) is 9.59 Å². The van der Waals surface area contributed by atoms with Crippen LogP contribution < -0.4 is 10.2 Å². The van der Waals surface area contributed by atoms with Crippen molar-refractivity contribution in [3.05, 3.63) is 95.6 Å². The van der Waals surface area contributed by atoms with Crippen LogP contribution in [-0.4, -0.2) is 49.3 Å². The molecule has 32 heavy (non-hydrogen) atoms. The van der Waals surface area contributed by atoms with Gasteiger partial charge in [0.2, 0.25) is 5.66 Å². The van der Waals surface area contributed by atoms with Gasteiger partial charge in [-0.1, -0.05) is 60.7 Å². The molecule has 2 unspecified atom stereocenters. The minimum atomic E-state index is -1.29. The van der Waals surface area contributed by atoms with Crippen molar-refractivity contribution >= 4 is 23.2 Å². The lowest BCUT2D eigenvalue weighted by atomic mass is 9.91. The number of anilines is 2. The van der Waals surface area contributed by atoms with E-state index in [1.54, 1.807) is 16.8 Å². The van der Waals surface area contributed by atoms with E-state index in [4.69, 9.17) is 0 Å². The maximum absolute atomic E-state index is 13.9. The Hall–Kier alpha value is -3.64. The van der Waals surface area contributed by atoms with Crippen molar-refractivity contribution < 1.29 is 9.59 Å². The highest BCUT2D eigenvalue weighted by atomic mass is 16.2. The smallest absolute Gasteiger partial charge is 0.278 e. The van der Waals surface area contributed by atoms with Crippen LogP contribution in [0, 0.1) is 0 Å². The number of amides is 2. The number of likely N-dealkylation sites (N-methyl/N-ethyl adjacent to an activating group) is 2. The zero-order valence-corrected chi connectivity index (χ0v) is 18.4. The van der Waals surface area contributed by atoms with Gasteiger partial charge in [-0.15, -0.1) is 0 Å². The SMILES string of the molecule is CN1C(=O)C2(Nc3ccccc3C(=O)N2CC(c2ccccc2)N(C)C)c2ccccc21. The van der Waals surface area contributed by atoms with E-state index >= 15 is 0 Å². The molecule has 2 amide bonds. The average molecular weight is 427 g/mol. The summed E-state index contributed by atoms with van der Waals surface area (Å²) < 4.78 is 0. The number of fused-ring (bicyclic) bond motifs is 3. The first kappa shape index (κ1) is 20.3. The molecule has 0 fully saturated rings. The molecule has 0 saturated carbocycles. The molecule has 0 bridgehead atoms. The van der Waals surface area contributed by atoms with E-state index in [-0.39, 0.29) is 17.9 Å². The molecule has 2 heterocycles. The van der Waals surface area contributed by atoms with Crippen LogP contribution in [0.15, 0.2) is 78.9 Å².